The van der Waals surface area contributed by atoms with Crippen molar-refractivity contribution in [2.75, 3.05) is 51.3 Å². The average Bonchev–Trinajstić information content (AvgIpc) is 2.85. The lowest BCUT2D eigenvalue weighted by Gasteiger charge is -2.36. The van der Waals surface area contributed by atoms with E-state index in [9.17, 15) is 13.2 Å². The molecule has 2 heterocycles. The van der Waals surface area contributed by atoms with Crippen molar-refractivity contribution in [1.29, 1.82) is 0 Å². The van der Waals surface area contributed by atoms with E-state index in [0.29, 0.717) is 49.9 Å². The van der Waals surface area contributed by atoms with Gasteiger partial charge >= 0.3 is 0 Å². The van der Waals surface area contributed by atoms with Crippen molar-refractivity contribution in [1.82, 2.24) is 9.21 Å². The van der Waals surface area contributed by atoms with Gasteiger partial charge < -0.3 is 15.0 Å². The van der Waals surface area contributed by atoms with Crippen LogP contribution < -0.4 is 5.32 Å². The zero-order valence-corrected chi connectivity index (χ0v) is 20.4. The van der Waals surface area contributed by atoms with Gasteiger partial charge in [0.15, 0.2) is 0 Å². The number of rotatable bonds is 6. The van der Waals surface area contributed by atoms with Gasteiger partial charge in [-0.2, -0.15) is 4.31 Å². The Morgan fingerprint density at radius 1 is 1.06 bits per heavy atom. The summed E-state index contributed by atoms with van der Waals surface area (Å²) in [4.78, 5) is 16.0. The number of halogens is 1. The molecule has 2 saturated heterocycles. The number of anilines is 1. The topological polar surface area (TPSA) is 79.0 Å². The van der Waals surface area contributed by atoms with Crippen molar-refractivity contribution in [2.24, 2.45) is 0 Å². The van der Waals surface area contributed by atoms with Crippen molar-refractivity contribution < 1.29 is 17.9 Å². The van der Waals surface area contributed by atoms with Gasteiger partial charge in [-0.15, -0.1) is 0 Å². The standard InChI is InChI=1S/C24H30ClN3O4S/c1-2-27-12-14-28(15-13-27)33(30,31)22-5-3-4-21(18-22)26-23(29)24(10-16-32-17-11-24)19-6-8-20(25)9-7-19/h3-9,18H,2,10-17H2,1H3,(H,26,29). The number of sulfonamides is 1. The Labute approximate surface area is 200 Å². The molecule has 2 aromatic rings. The van der Waals surface area contributed by atoms with Crippen LogP contribution in [0.2, 0.25) is 5.02 Å². The summed E-state index contributed by atoms with van der Waals surface area (Å²) < 4.78 is 33.5. The van der Waals surface area contributed by atoms with Gasteiger partial charge in [-0.3, -0.25) is 4.79 Å². The number of amides is 1. The zero-order chi connectivity index (χ0) is 23.5. The van der Waals surface area contributed by atoms with Gasteiger partial charge in [0.05, 0.1) is 10.3 Å². The maximum absolute atomic E-state index is 13.5. The normalized spacial score (nSPS) is 19.8. The van der Waals surface area contributed by atoms with E-state index < -0.39 is 15.4 Å². The molecule has 0 saturated carbocycles. The number of nitrogens with zero attached hydrogens (tertiary/aromatic N) is 2. The maximum Gasteiger partial charge on any atom is 0.243 e. The monoisotopic (exact) mass is 491 g/mol. The van der Waals surface area contributed by atoms with E-state index in [1.807, 2.05) is 12.1 Å². The molecule has 0 atom stereocenters. The van der Waals surface area contributed by atoms with Gasteiger partial charge in [-0.25, -0.2) is 8.42 Å². The summed E-state index contributed by atoms with van der Waals surface area (Å²) in [5.74, 6) is -0.167. The summed E-state index contributed by atoms with van der Waals surface area (Å²) in [5, 5.41) is 3.59. The molecule has 1 N–H and O–H groups in total. The van der Waals surface area contributed by atoms with E-state index in [1.165, 1.54) is 4.31 Å². The highest BCUT2D eigenvalue weighted by Crippen LogP contribution is 2.37. The third-order valence-corrected chi connectivity index (χ3v) is 8.83. The predicted molar refractivity (Wildman–Crippen MR) is 129 cm³/mol. The minimum Gasteiger partial charge on any atom is -0.381 e. The molecular formula is C24H30ClN3O4S. The van der Waals surface area contributed by atoms with Crippen LogP contribution in [0.5, 0.6) is 0 Å². The molecule has 0 bridgehead atoms. The molecule has 0 aliphatic carbocycles. The molecule has 0 spiro atoms. The first-order valence-corrected chi connectivity index (χ1v) is 13.1. The Morgan fingerprint density at radius 2 is 1.73 bits per heavy atom. The Kier molecular flexibility index (Phi) is 7.40. The average molecular weight is 492 g/mol. The van der Waals surface area contributed by atoms with Crippen LogP contribution in [0.3, 0.4) is 0 Å². The summed E-state index contributed by atoms with van der Waals surface area (Å²) in [7, 11) is -3.63. The lowest BCUT2D eigenvalue weighted by molar-refractivity contribution is -0.125. The van der Waals surface area contributed by atoms with Crippen LogP contribution in [-0.4, -0.2) is 69.5 Å². The molecule has 178 valence electrons. The van der Waals surface area contributed by atoms with Crippen LogP contribution in [0, 0.1) is 0 Å². The molecule has 0 aromatic heterocycles. The molecule has 7 nitrogen and oxygen atoms in total. The van der Waals surface area contributed by atoms with Gasteiger partial charge in [0, 0.05) is 50.1 Å². The minimum atomic E-state index is -3.63. The Bertz CT molecular complexity index is 1080. The van der Waals surface area contributed by atoms with Crippen LogP contribution in [0.25, 0.3) is 0 Å². The number of carbonyl (C=O) groups excluding carboxylic acids is 1. The van der Waals surface area contributed by atoms with Crippen LogP contribution in [0.1, 0.15) is 25.3 Å². The molecule has 2 fully saturated rings. The number of likely N-dealkylation sites (N-methyl/N-ethyl adjacent to an activating group) is 1. The molecule has 9 heteroatoms. The number of nitrogens with one attached hydrogen (secondary N) is 1. The van der Waals surface area contributed by atoms with Crippen LogP contribution in [-0.2, 0) is 25.0 Å². The molecule has 33 heavy (non-hydrogen) atoms. The smallest absolute Gasteiger partial charge is 0.243 e. The largest absolute Gasteiger partial charge is 0.381 e. The Morgan fingerprint density at radius 3 is 2.36 bits per heavy atom. The number of hydrogen-bond acceptors (Lipinski definition) is 5. The molecule has 2 aliphatic heterocycles. The molecule has 2 aromatic carbocycles. The number of piperazine rings is 1. The van der Waals surface area contributed by atoms with Gasteiger partial charge in [0.1, 0.15) is 0 Å². The highest BCUT2D eigenvalue weighted by molar-refractivity contribution is 7.89. The van der Waals surface area contributed by atoms with Crippen molar-refractivity contribution in [3.05, 3.63) is 59.1 Å². The third kappa shape index (κ3) is 5.10. The number of hydrogen-bond donors (Lipinski definition) is 1. The van der Waals surface area contributed by atoms with Gasteiger partial charge in [0.25, 0.3) is 0 Å². The van der Waals surface area contributed by atoms with Crippen LogP contribution >= 0.6 is 11.6 Å². The quantitative estimate of drug-likeness (QED) is 0.670. The van der Waals surface area contributed by atoms with Crippen LogP contribution in [0.15, 0.2) is 53.4 Å². The van der Waals surface area contributed by atoms with Gasteiger partial charge in [-0.1, -0.05) is 36.7 Å². The minimum absolute atomic E-state index is 0.167. The molecular weight excluding hydrogens is 462 g/mol. The highest BCUT2D eigenvalue weighted by atomic mass is 35.5. The zero-order valence-electron chi connectivity index (χ0n) is 18.8. The third-order valence-electron chi connectivity index (χ3n) is 6.69. The molecule has 0 unspecified atom stereocenters. The fourth-order valence-electron chi connectivity index (χ4n) is 4.56. The van der Waals surface area contributed by atoms with Crippen molar-refractivity contribution >= 4 is 33.2 Å². The second-order valence-corrected chi connectivity index (χ2v) is 10.9. The summed E-state index contributed by atoms with van der Waals surface area (Å²) >= 11 is 6.06. The summed E-state index contributed by atoms with van der Waals surface area (Å²) in [6.45, 7) is 6.32. The van der Waals surface area contributed by atoms with Crippen molar-refractivity contribution in [3.8, 4) is 0 Å². The fraction of sp³-hybridized carbons (Fsp3) is 0.458. The predicted octanol–water partition coefficient (Wildman–Crippen LogP) is 3.35. The Hall–Kier alpha value is -1.97. The number of ether oxygens (including phenoxy) is 1. The first kappa shape index (κ1) is 24.2. The van der Waals surface area contributed by atoms with E-state index in [-0.39, 0.29) is 10.8 Å². The summed E-state index contributed by atoms with van der Waals surface area (Å²) in [6, 6.07) is 13.9. The van der Waals surface area contributed by atoms with Gasteiger partial charge in [0.2, 0.25) is 15.9 Å². The first-order valence-electron chi connectivity index (χ1n) is 11.3. The second-order valence-electron chi connectivity index (χ2n) is 8.52. The lowest BCUT2D eigenvalue weighted by atomic mass is 9.73. The maximum atomic E-state index is 13.5. The molecule has 1 amide bonds. The SMILES string of the molecule is CCN1CCN(S(=O)(=O)c2cccc(NC(=O)C3(c4ccc(Cl)cc4)CCOCC3)c2)CC1. The summed E-state index contributed by atoms with van der Waals surface area (Å²) in [6.07, 6.45) is 1.08. The van der Waals surface area contributed by atoms with Crippen molar-refractivity contribution in [2.45, 2.75) is 30.1 Å². The fourth-order valence-corrected chi connectivity index (χ4v) is 6.15. The number of carbonyl (C=O) groups is 1. The van der Waals surface area contributed by atoms with E-state index in [2.05, 4.69) is 17.1 Å². The first-order chi connectivity index (χ1) is 15.8. The molecule has 2 aliphatic rings. The van der Waals surface area contributed by atoms with E-state index in [4.69, 9.17) is 16.3 Å². The summed E-state index contributed by atoms with van der Waals surface area (Å²) in [5.41, 5.74) is 0.590. The molecule has 0 radical (unpaired) electrons. The van der Waals surface area contributed by atoms with Crippen molar-refractivity contribution in [3.63, 3.8) is 0 Å². The van der Waals surface area contributed by atoms with Crippen LogP contribution in [0.4, 0.5) is 5.69 Å². The molecule has 4 rings (SSSR count). The lowest BCUT2D eigenvalue weighted by Crippen LogP contribution is -2.48. The highest BCUT2D eigenvalue weighted by Gasteiger charge is 2.42. The second kappa shape index (κ2) is 10.1. The van der Waals surface area contributed by atoms with E-state index >= 15 is 0 Å². The van der Waals surface area contributed by atoms with E-state index in [1.54, 1.807) is 36.4 Å². The Balaban J connectivity index is 1.56. The number of benzene rings is 2. The van der Waals surface area contributed by atoms with Gasteiger partial charge in [-0.05, 0) is 55.3 Å². The van der Waals surface area contributed by atoms with E-state index in [0.717, 1.165) is 25.2 Å².